The van der Waals surface area contributed by atoms with Crippen LogP contribution in [-0.4, -0.2) is 36.6 Å². The fourth-order valence-corrected chi connectivity index (χ4v) is 0.602. The molecule has 0 saturated carbocycles. The molecule has 0 fully saturated rings. The number of carbonyl (C=O) groups excluding carboxylic acids is 1. The molecule has 1 rings (SSSR count). The normalized spacial score (nSPS) is 8.43. The third-order valence-corrected chi connectivity index (χ3v) is 1.14. The minimum atomic E-state index is -1.09. The average Bonchev–Trinajstić information content (AvgIpc) is 2.19. The number of pyridine rings is 1. The van der Waals surface area contributed by atoms with E-state index in [-0.39, 0.29) is 5.69 Å². The number of aromatic carboxylic acids is 1. The highest BCUT2D eigenvalue weighted by molar-refractivity contribution is 5.86. The first-order chi connectivity index (χ1) is 6.65. The zero-order chi connectivity index (χ0) is 11.0. The van der Waals surface area contributed by atoms with Crippen molar-refractivity contribution in [3.8, 4) is 0 Å². The van der Waals surface area contributed by atoms with Crippen molar-refractivity contribution in [1.82, 2.24) is 4.98 Å². The van der Waals surface area contributed by atoms with Crippen molar-refractivity contribution < 1.29 is 19.4 Å². The molecule has 1 heterocycles. The molecule has 0 aromatic carbocycles. The molecule has 76 valence electrons. The maximum Gasteiger partial charge on any atom is 0.354 e. The summed E-state index contributed by atoms with van der Waals surface area (Å²) in [6.45, 7) is 0. The Balaban J connectivity index is 0.000000500. The van der Waals surface area contributed by atoms with Gasteiger partial charge in [0.15, 0.2) is 6.29 Å². The third kappa shape index (κ3) is 4.32. The van der Waals surface area contributed by atoms with E-state index in [4.69, 9.17) is 5.11 Å². The van der Waals surface area contributed by atoms with Crippen LogP contribution in [0.25, 0.3) is 0 Å². The predicted molar refractivity (Wildman–Crippen MR) is 49.5 cm³/mol. The molecule has 0 spiro atoms. The standard InChI is InChI=1S/C7H5NO3.C2H6O/c9-4-5-1-2-6(7(10)11)8-3-5;1-3-2/h1-4H,(H,10,11);1-2H3. The van der Waals surface area contributed by atoms with Gasteiger partial charge in [0.05, 0.1) is 0 Å². The summed E-state index contributed by atoms with van der Waals surface area (Å²) in [7, 11) is 3.25. The Morgan fingerprint density at radius 1 is 1.50 bits per heavy atom. The summed E-state index contributed by atoms with van der Waals surface area (Å²) in [6, 6.07) is 2.69. The number of carboxylic acid groups (broad SMARTS) is 1. The van der Waals surface area contributed by atoms with Crippen LogP contribution in [0.15, 0.2) is 18.3 Å². The molecule has 14 heavy (non-hydrogen) atoms. The Hall–Kier alpha value is -1.75. The number of aldehydes is 1. The summed E-state index contributed by atoms with van der Waals surface area (Å²) in [4.78, 5) is 23.9. The molecule has 0 amide bonds. The molecule has 0 aliphatic carbocycles. The Kier molecular flexibility index (Phi) is 5.89. The van der Waals surface area contributed by atoms with Crippen LogP contribution in [0.3, 0.4) is 0 Å². The molecular formula is C9H11NO4. The largest absolute Gasteiger partial charge is 0.477 e. The first kappa shape index (κ1) is 12.2. The van der Waals surface area contributed by atoms with E-state index in [1.807, 2.05) is 0 Å². The van der Waals surface area contributed by atoms with E-state index >= 15 is 0 Å². The van der Waals surface area contributed by atoms with Crippen molar-refractivity contribution in [1.29, 1.82) is 0 Å². The first-order valence-corrected chi connectivity index (χ1v) is 3.70. The summed E-state index contributed by atoms with van der Waals surface area (Å²) < 4.78 is 4.25. The Labute approximate surface area is 81.3 Å². The van der Waals surface area contributed by atoms with Crippen molar-refractivity contribution in [2.24, 2.45) is 0 Å². The van der Waals surface area contributed by atoms with Gasteiger partial charge < -0.3 is 9.84 Å². The van der Waals surface area contributed by atoms with Crippen LogP contribution in [-0.2, 0) is 4.74 Å². The maximum atomic E-state index is 10.2. The maximum absolute atomic E-state index is 10.2. The van der Waals surface area contributed by atoms with Crippen LogP contribution in [0.4, 0.5) is 0 Å². The molecule has 1 N–H and O–H groups in total. The third-order valence-electron chi connectivity index (χ3n) is 1.14. The van der Waals surface area contributed by atoms with E-state index in [0.29, 0.717) is 11.8 Å². The molecule has 0 radical (unpaired) electrons. The number of carbonyl (C=O) groups is 2. The molecule has 5 heteroatoms. The van der Waals surface area contributed by atoms with E-state index in [0.717, 1.165) is 0 Å². The van der Waals surface area contributed by atoms with Gasteiger partial charge in [-0.25, -0.2) is 9.78 Å². The molecule has 0 bridgehead atoms. The summed E-state index contributed by atoms with van der Waals surface area (Å²) >= 11 is 0. The van der Waals surface area contributed by atoms with Gasteiger partial charge in [0.1, 0.15) is 5.69 Å². The molecule has 0 unspecified atom stereocenters. The van der Waals surface area contributed by atoms with Gasteiger partial charge in [0.25, 0.3) is 0 Å². The smallest absolute Gasteiger partial charge is 0.354 e. The second kappa shape index (κ2) is 6.73. The minimum Gasteiger partial charge on any atom is -0.477 e. The van der Waals surface area contributed by atoms with Crippen molar-refractivity contribution in [2.75, 3.05) is 14.2 Å². The van der Waals surface area contributed by atoms with E-state index in [9.17, 15) is 9.59 Å². The lowest BCUT2D eigenvalue weighted by molar-refractivity contribution is 0.0690. The SMILES string of the molecule is COC.O=Cc1ccc(C(=O)O)nc1. The fourth-order valence-electron chi connectivity index (χ4n) is 0.602. The molecule has 0 atom stereocenters. The quantitative estimate of drug-likeness (QED) is 0.711. The highest BCUT2D eigenvalue weighted by atomic mass is 16.4. The van der Waals surface area contributed by atoms with E-state index in [1.54, 1.807) is 14.2 Å². The first-order valence-electron chi connectivity index (χ1n) is 3.70. The monoisotopic (exact) mass is 197 g/mol. The van der Waals surface area contributed by atoms with Crippen LogP contribution in [0.1, 0.15) is 20.8 Å². The van der Waals surface area contributed by atoms with Crippen molar-refractivity contribution in [2.45, 2.75) is 0 Å². The van der Waals surface area contributed by atoms with Gasteiger partial charge in [0, 0.05) is 26.0 Å². The number of ether oxygens (including phenoxy) is 1. The van der Waals surface area contributed by atoms with Gasteiger partial charge in [-0.1, -0.05) is 0 Å². The number of hydrogen-bond donors (Lipinski definition) is 1. The van der Waals surface area contributed by atoms with Gasteiger partial charge in [-0.3, -0.25) is 4.79 Å². The number of rotatable bonds is 2. The lowest BCUT2D eigenvalue weighted by Crippen LogP contribution is -1.99. The highest BCUT2D eigenvalue weighted by Crippen LogP contribution is 1.96. The summed E-state index contributed by atoms with van der Waals surface area (Å²) in [5.74, 6) is -1.09. The molecule has 0 aliphatic rings. The zero-order valence-electron chi connectivity index (χ0n) is 7.93. The minimum absolute atomic E-state index is 0.0596. The number of carboxylic acids is 1. The summed E-state index contributed by atoms with van der Waals surface area (Å²) in [5.41, 5.74) is 0.311. The molecule has 5 nitrogen and oxygen atoms in total. The van der Waals surface area contributed by atoms with Gasteiger partial charge >= 0.3 is 5.97 Å². The van der Waals surface area contributed by atoms with Crippen LogP contribution >= 0.6 is 0 Å². The second-order valence-electron chi connectivity index (χ2n) is 2.31. The molecule has 0 saturated heterocycles. The summed E-state index contributed by atoms with van der Waals surface area (Å²) in [6.07, 6.45) is 1.83. The number of nitrogens with zero attached hydrogens (tertiary/aromatic N) is 1. The predicted octanol–water partition coefficient (Wildman–Crippen LogP) is 0.855. The number of aromatic nitrogens is 1. The lowest BCUT2D eigenvalue weighted by atomic mass is 10.3. The van der Waals surface area contributed by atoms with Gasteiger partial charge in [0.2, 0.25) is 0 Å². The zero-order valence-corrected chi connectivity index (χ0v) is 7.93. The van der Waals surface area contributed by atoms with Gasteiger partial charge in [-0.2, -0.15) is 0 Å². The van der Waals surface area contributed by atoms with E-state index in [1.165, 1.54) is 18.3 Å². The highest BCUT2D eigenvalue weighted by Gasteiger charge is 2.01. The van der Waals surface area contributed by atoms with Crippen LogP contribution in [0.5, 0.6) is 0 Å². The topological polar surface area (TPSA) is 76.5 Å². The van der Waals surface area contributed by atoms with Gasteiger partial charge in [-0.05, 0) is 12.1 Å². The Bertz CT molecular complexity index is 294. The molecule has 1 aromatic rings. The number of methoxy groups -OCH3 is 1. The number of hydrogen-bond acceptors (Lipinski definition) is 4. The van der Waals surface area contributed by atoms with Crippen LogP contribution in [0.2, 0.25) is 0 Å². The lowest BCUT2D eigenvalue weighted by Gasteiger charge is -1.91. The Morgan fingerprint density at radius 3 is 2.36 bits per heavy atom. The summed E-state index contributed by atoms with van der Waals surface area (Å²) in [5, 5.41) is 8.40. The Morgan fingerprint density at radius 2 is 2.07 bits per heavy atom. The van der Waals surface area contributed by atoms with Crippen molar-refractivity contribution in [3.05, 3.63) is 29.6 Å². The van der Waals surface area contributed by atoms with Crippen molar-refractivity contribution in [3.63, 3.8) is 0 Å². The average molecular weight is 197 g/mol. The van der Waals surface area contributed by atoms with Crippen molar-refractivity contribution >= 4 is 12.3 Å². The van der Waals surface area contributed by atoms with Gasteiger partial charge in [-0.15, -0.1) is 0 Å². The molecule has 1 aromatic heterocycles. The van der Waals surface area contributed by atoms with E-state index < -0.39 is 5.97 Å². The van der Waals surface area contributed by atoms with Crippen LogP contribution < -0.4 is 0 Å². The van der Waals surface area contributed by atoms with Crippen LogP contribution in [0, 0.1) is 0 Å². The molecule has 0 aliphatic heterocycles. The fraction of sp³-hybridized carbons (Fsp3) is 0.222. The molecular weight excluding hydrogens is 186 g/mol. The van der Waals surface area contributed by atoms with E-state index in [2.05, 4.69) is 9.72 Å². The second-order valence-corrected chi connectivity index (χ2v) is 2.31.